The van der Waals surface area contributed by atoms with Crippen molar-refractivity contribution in [3.63, 3.8) is 0 Å². The summed E-state index contributed by atoms with van der Waals surface area (Å²) in [5.41, 5.74) is 1.10. The molecule has 0 unspecified atom stereocenters. The molecule has 1 amide bonds. The molecule has 0 spiro atoms. The fourth-order valence-corrected chi connectivity index (χ4v) is 4.68. The molecule has 0 radical (unpaired) electrons. The van der Waals surface area contributed by atoms with E-state index in [0.717, 1.165) is 32.5 Å². The van der Waals surface area contributed by atoms with Crippen molar-refractivity contribution in [3.05, 3.63) is 48.8 Å². The lowest BCUT2D eigenvalue weighted by molar-refractivity contribution is 0.100. The van der Waals surface area contributed by atoms with Crippen molar-refractivity contribution >= 4 is 66.3 Å². The number of amides is 1. The van der Waals surface area contributed by atoms with Crippen LogP contribution in [0, 0.1) is 0 Å². The Kier molecular flexibility index (Phi) is 4.82. The number of hydrogen-bond acceptors (Lipinski definition) is 3. The van der Waals surface area contributed by atoms with Gasteiger partial charge in [-0.25, -0.2) is 0 Å². The maximum atomic E-state index is 12.3. The van der Waals surface area contributed by atoms with Crippen molar-refractivity contribution in [1.82, 2.24) is 4.57 Å². The number of aryl methyl sites for hydroxylation is 1. The van der Waals surface area contributed by atoms with Crippen LogP contribution in [0.15, 0.2) is 39.8 Å². The van der Waals surface area contributed by atoms with Crippen LogP contribution in [0.1, 0.15) is 23.0 Å². The largest absolute Gasteiger partial charge is 0.316 e. The van der Waals surface area contributed by atoms with Gasteiger partial charge in [0.2, 0.25) is 0 Å². The fourth-order valence-electron chi connectivity index (χ4n) is 2.14. The van der Waals surface area contributed by atoms with Crippen LogP contribution >= 0.6 is 50.2 Å². The molecule has 0 atom stereocenters. The second-order valence-electron chi connectivity index (χ2n) is 4.67. The number of nitrogens with zero attached hydrogens (tertiary/aromatic N) is 2. The van der Waals surface area contributed by atoms with Crippen LogP contribution in [0.3, 0.4) is 0 Å². The maximum absolute atomic E-state index is 12.3. The topological polar surface area (TPSA) is 34.4 Å². The Morgan fingerprint density at radius 2 is 2.14 bits per heavy atom. The van der Waals surface area contributed by atoms with Crippen molar-refractivity contribution in [2.75, 3.05) is 0 Å². The summed E-state index contributed by atoms with van der Waals surface area (Å²) < 4.78 is 4.83. The van der Waals surface area contributed by atoms with E-state index in [9.17, 15) is 4.79 Å². The molecule has 0 saturated carbocycles. The molecule has 0 aliphatic heterocycles. The summed E-state index contributed by atoms with van der Waals surface area (Å²) in [6.45, 7) is 2.94. The number of thiophene rings is 1. The molecule has 114 valence electrons. The molecule has 22 heavy (non-hydrogen) atoms. The molecule has 0 saturated heterocycles. The molecule has 7 heteroatoms. The minimum atomic E-state index is -0.243. The first-order valence-electron chi connectivity index (χ1n) is 6.72. The lowest BCUT2D eigenvalue weighted by Crippen LogP contribution is -2.16. The van der Waals surface area contributed by atoms with Gasteiger partial charge in [0.1, 0.15) is 0 Å². The third kappa shape index (κ3) is 3.20. The molecule has 2 aromatic heterocycles. The molecule has 0 aliphatic carbocycles. The van der Waals surface area contributed by atoms with Crippen molar-refractivity contribution in [1.29, 1.82) is 0 Å². The number of aromatic nitrogens is 1. The van der Waals surface area contributed by atoms with Crippen LogP contribution < -0.4 is 4.80 Å². The van der Waals surface area contributed by atoms with E-state index in [2.05, 4.69) is 44.5 Å². The van der Waals surface area contributed by atoms with Crippen molar-refractivity contribution in [2.45, 2.75) is 19.9 Å². The number of benzene rings is 1. The summed E-state index contributed by atoms with van der Waals surface area (Å²) in [7, 11) is 0. The average Bonchev–Trinajstić information content (AvgIpc) is 3.04. The number of fused-ring (bicyclic) bond motifs is 1. The fraction of sp³-hybridized carbons (Fsp3) is 0.200. The van der Waals surface area contributed by atoms with Crippen molar-refractivity contribution in [2.24, 2.45) is 4.99 Å². The Morgan fingerprint density at radius 1 is 1.32 bits per heavy atom. The standard InChI is InChI=1S/C15H12BrClN2OS2/c1-2-7-19-10-4-3-9(16)8-12(10)22-15(19)18-14(20)11-5-6-13(17)21-11/h3-6,8H,2,7H2,1H3. The molecular formula is C15H12BrClN2OS2. The molecule has 0 bridgehead atoms. The van der Waals surface area contributed by atoms with E-state index < -0.39 is 0 Å². The Bertz CT molecular complexity index is 910. The first kappa shape index (κ1) is 15.9. The van der Waals surface area contributed by atoms with E-state index in [1.807, 2.05) is 6.07 Å². The van der Waals surface area contributed by atoms with Gasteiger partial charge in [0, 0.05) is 11.0 Å². The summed E-state index contributed by atoms with van der Waals surface area (Å²) in [6, 6.07) is 9.55. The van der Waals surface area contributed by atoms with Gasteiger partial charge in [0.05, 0.1) is 19.4 Å². The Balaban J connectivity index is 2.14. The predicted molar refractivity (Wildman–Crippen MR) is 97.0 cm³/mol. The van der Waals surface area contributed by atoms with E-state index in [4.69, 9.17) is 11.6 Å². The quantitative estimate of drug-likeness (QED) is 0.569. The third-order valence-corrected chi connectivity index (χ3v) is 5.83. The van der Waals surface area contributed by atoms with Gasteiger partial charge in [-0.1, -0.05) is 45.8 Å². The van der Waals surface area contributed by atoms with Crippen LogP contribution in [0.5, 0.6) is 0 Å². The number of carbonyl (C=O) groups is 1. The summed E-state index contributed by atoms with van der Waals surface area (Å²) in [5, 5.41) is 0. The van der Waals surface area contributed by atoms with E-state index in [1.165, 1.54) is 22.7 Å². The molecule has 0 fully saturated rings. The number of hydrogen-bond donors (Lipinski definition) is 0. The second kappa shape index (κ2) is 6.66. The highest BCUT2D eigenvalue weighted by Gasteiger charge is 2.11. The minimum Gasteiger partial charge on any atom is -0.316 e. The van der Waals surface area contributed by atoms with Crippen LogP contribution in [-0.4, -0.2) is 10.5 Å². The molecule has 0 aliphatic rings. The Labute approximate surface area is 149 Å². The van der Waals surface area contributed by atoms with Crippen LogP contribution in [0.4, 0.5) is 0 Å². The number of carbonyl (C=O) groups excluding carboxylic acids is 1. The zero-order valence-corrected chi connectivity index (χ0v) is 15.7. The van der Waals surface area contributed by atoms with E-state index in [1.54, 1.807) is 12.1 Å². The second-order valence-corrected chi connectivity index (χ2v) is 8.31. The third-order valence-electron chi connectivity index (χ3n) is 3.07. The maximum Gasteiger partial charge on any atom is 0.289 e. The van der Waals surface area contributed by atoms with Gasteiger partial charge in [-0.3, -0.25) is 4.79 Å². The van der Waals surface area contributed by atoms with E-state index in [0.29, 0.717) is 9.21 Å². The predicted octanol–water partition coefficient (Wildman–Crippen LogP) is 5.33. The average molecular weight is 416 g/mol. The highest BCUT2D eigenvalue weighted by atomic mass is 79.9. The first-order chi connectivity index (χ1) is 10.6. The summed E-state index contributed by atoms with van der Waals surface area (Å²) in [6.07, 6.45) is 0.980. The summed E-state index contributed by atoms with van der Waals surface area (Å²) >= 11 is 12.1. The smallest absolute Gasteiger partial charge is 0.289 e. The number of halogens is 2. The molecule has 2 heterocycles. The van der Waals surface area contributed by atoms with Gasteiger partial charge in [-0.05, 0) is 36.8 Å². The van der Waals surface area contributed by atoms with Gasteiger partial charge >= 0.3 is 0 Å². The molecule has 1 aromatic carbocycles. The van der Waals surface area contributed by atoms with E-state index >= 15 is 0 Å². The highest BCUT2D eigenvalue weighted by molar-refractivity contribution is 9.10. The normalized spacial score (nSPS) is 12.2. The van der Waals surface area contributed by atoms with Crippen molar-refractivity contribution in [3.8, 4) is 0 Å². The number of rotatable bonds is 3. The first-order valence-corrected chi connectivity index (χ1v) is 9.52. The zero-order valence-electron chi connectivity index (χ0n) is 11.7. The van der Waals surface area contributed by atoms with Crippen LogP contribution in [-0.2, 0) is 6.54 Å². The SMILES string of the molecule is CCCn1c(=NC(=O)c2ccc(Cl)s2)sc2cc(Br)ccc21. The van der Waals surface area contributed by atoms with Gasteiger partial charge in [0.15, 0.2) is 4.80 Å². The monoisotopic (exact) mass is 414 g/mol. The van der Waals surface area contributed by atoms with Crippen LogP contribution in [0.25, 0.3) is 10.2 Å². The highest BCUT2D eigenvalue weighted by Crippen LogP contribution is 2.24. The molecule has 3 rings (SSSR count). The zero-order chi connectivity index (χ0) is 15.7. The van der Waals surface area contributed by atoms with Gasteiger partial charge < -0.3 is 4.57 Å². The molecule has 0 N–H and O–H groups in total. The van der Waals surface area contributed by atoms with Crippen molar-refractivity contribution < 1.29 is 4.79 Å². The van der Waals surface area contributed by atoms with Gasteiger partial charge in [0.25, 0.3) is 5.91 Å². The lowest BCUT2D eigenvalue weighted by atomic mass is 10.3. The van der Waals surface area contributed by atoms with Gasteiger partial charge in [-0.15, -0.1) is 11.3 Å². The van der Waals surface area contributed by atoms with E-state index in [-0.39, 0.29) is 5.91 Å². The molecule has 3 nitrogen and oxygen atoms in total. The Hall–Kier alpha value is -0.950. The number of thiazole rings is 1. The Morgan fingerprint density at radius 3 is 2.82 bits per heavy atom. The minimum absolute atomic E-state index is 0.243. The molecular weight excluding hydrogens is 404 g/mol. The van der Waals surface area contributed by atoms with Crippen LogP contribution in [0.2, 0.25) is 4.34 Å². The summed E-state index contributed by atoms with van der Waals surface area (Å²) in [4.78, 5) is 17.9. The van der Waals surface area contributed by atoms with Gasteiger partial charge in [-0.2, -0.15) is 4.99 Å². The summed E-state index contributed by atoms with van der Waals surface area (Å²) in [5.74, 6) is -0.243. The lowest BCUT2D eigenvalue weighted by Gasteiger charge is -2.02. The molecule has 3 aromatic rings.